The first-order valence-corrected chi connectivity index (χ1v) is 9.84. The summed E-state index contributed by atoms with van der Waals surface area (Å²) in [5.74, 6) is -0.272. The number of hydrogen-bond acceptors (Lipinski definition) is 3. The van der Waals surface area contributed by atoms with Gasteiger partial charge in [0.05, 0.1) is 0 Å². The van der Waals surface area contributed by atoms with Gasteiger partial charge in [0.25, 0.3) is 11.8 Å². The number of aromatic nitrogens is 1. The van der Waals surface area contributed by atoms with Crippen LogP contribution in [0.4, 0.5) is 0 Å². The summed E-state index contributed by atoms with van der Waals surface area (Å²) in [5, 5.41) is 2.91. The Bertz CT molecular complexity index is 875. The smallest absolute Gasteiger partial charge is 0.270 e. The quantitative estimate of drug-likeness (QED) is 0.859. The Morgan fingerprint density at radius 1 is 0.862 bits per heavy atom. The fourth-order valence-electron chi connectivity index (χ4n) is 3.40. The van der Waals surface area contributed by atoms with Gasteiger partial charge in [-0.25, -0.2) is 0 Å². The average Bonchev–Trinajstić information content (AvgIpc) is 3.14. The number of benzene rings is 1. The standard InChI is InChI=1S/C22H28N4O3/c1-22(2,3)23-19(27)16-26-11-7-10-18(26)21(29)25-14-12-24(13-15-25)20(28)17-8-5-4-6-9-17/h4-11H,12-16H2,1-3H3,(H,23,27). The van der Waals surface area contributed by atoms with Crippen molar-refractivity contribution in [2.75, 3.05) is 26.2 Å². The molecule has 0 unspecified atom stereocenters. The molecule has 29 heavy (non-hydrogen) atoms. The van der Waals surface area contributed by atoms with Crippen LogP contribution in [0.5, 0.6) is 0 Å². The van der Waals surface area contributed by atoms with Crippen molar-refractivity contribution >= 4 is 17.7 Å². The van der Waals surface area contributed by atoms with Crippen molar-refractivity contribution in [3.63, 3.8) is 0 Å². The summed E-state index contributed by atoms with van der Waals surface area (Å²) in [4.78, 5) is 41.3. The van der Waals surface area contributed by atoms with E-state index in [0.717, 1.165) is 0 Å². The maximum atomic E-state index is 13.0. The molecule has 3 rings (SSSR count). The van der Waals surface area contributed by atoms with Gasteiger partial charge in [0.1, 0.15) is 12.2 Å². The van der Waals surface area contributed by atoms with E-state index in [4.69, 9.17) is 0 Å². The van der Waals surface area contributed by atoms with Gasteiger partial charge in [-0.05, 0) is 45.0 Å². The van der Waals surface area contributed by atoms with E-state index in [1.165, 1.54) is 0 Å². The summed E-state index contributed by atoms with van der Waals surface area (Å²) in [6.45, 7) is 7.77. The Hall–Kier alpha value is -3.09. The lowest BCUT2D eigenvalue weighted by atomic mass is 10.1. The molecule has 1 saturated heterocycles. The Morgan fingerprint density at radius 2 is 1.45 bits per heavy atom. The third kappa shape index (κ3) is 5.25. The lowest BCUT2D eigenvalue weighted by molar-refractivity contribution is -0.123. The highest BCUT2D eigenvalue weighted by Crippen LogP contribution is 2.13. The van der Waals surface area contributed by atoms with Crippen LogP contribution in [0.15, 0.2) is 48.7 Å². The highest BCUT2D eigenvalue weighted by atomic mass is 16.2. The predicted molar refractivity (Wildman–Crippen MR) is 111 cm³/mol. The minimum Gasteiger partial charge on any atom is -0.350 e. The Morgan fingerprint density at radius 3 is 2.03 bits per heavy atom. The number of rotatable bonds is 4. The third-order valence-corrected chi connectivity index (χ3v) is 4.75. The van der Waals surface area contributed by atoms with Gasteiger partial charge in [0.15, 0.2) is 0 Å². The average molecular weight is 396 g/mol. The molecule has 0 radical (unpaired) electrons. The molecule has 1 aromatic carbocycles. The van der Waals surface area contributed by atoms with Gasteiger partial charge in [0, 0.05) is 43.5 Å². The van der Waals surface area contributed by atoms with Crippen LogP contribution >= 0.6 is 0 Å². The van der Waals surface area contributed by atoms with Crippen molar-refractivity contribution in [2.24, 2.45) is 0 Å². The minimum absolute atomic E-state index is 0.0140. The zero-order valence-corrected chi connectivity index (χ0v) is 17.2. The molecule has 7 heteroatoms. The van der Waals surface area contributed by atoms with E-state index in [-0.39, 0.29) is 29.8 Å². The van der Waals surface area contributed by atoms with Gasteiger partial charge in [0.2, 0.25) is 5.91 Å². The van der Waals surface area contributed by atoms with E-state index in [0.29, 0.717) is 37.4 Å². The van der Waals surface area contributed by atoms with E-state index < -0.39 is 0 Å². The fraction of sp³-hybridized carbons (Fsp3) is 0.409. The molecule has 0 spiro atoms. The number of carbonyl (C=O) groups is 3. The molecular formula is C22H28N4O3. The van der Waals surface area contributed by atoms with Gasteiger partial charge in [-0.3, -0.25) is 14.4 Å². The van der Waals surface area contributed by atoms with Crippen LogP contribution in [-0.4, -0.2) is 63.8 Å². The molecule has 0 atom stereocenters. The number of hydrogen-bond donors (Lipinski definition) is 1. The number of nitrogens with zero attached hydrogens (tertiary/aromatic N) is 3. The van der Waals surface area contributed by atoms with Crippen LogP contribution in [0.1, 0.15) is 41.6 Å². The SMILES string of the molecule is CC(C)(C)NC(=O)Cn1cccc1C(=O)N1CCN(C(=O)c2ccccc2)CC1. The zero-order valence-electron chi connectivity index (χ0n) is 17.2. The second-order valence-electron chi connectivity index (χ2n) is 8.27. The molecule has 0 aliphatic carbocycles. The zero-order chi connectivity index (χ0) is 21.0. The Labute approximate surface area is 171 Å². The van der Waals surface area contributed by atoms with Gasteiger partial charge < -0.3 is 19.7 Å². The van der Waals surface area contributed by atoms with Crippen molar-refractivity contribution in [3.8, 4) is 0 Å². The molecule has 3 amide bonds. The van der Waals surface area contributed by atoms with Crippen LogP contribution in [0.3, 0.4) is 0 Å². The summed E-state index contributed by atoms with van der Waals surface area (Å²) in [5.41, 5.74) is 0.818. The molecule has 1 N–H and O–H groups in total. The highest BCUT2D eigenvalue weighted by Gasteiger charge is 2.27. The minimum atomic E-state index is -0.323. The number of amides is 3. The molecule has 7 nitrogen and oxygen atoms in total. The molecule has 1 aromatic heterocycles. The maximum absolute atomic E-state index is 13.0. The third-order valence-electron chi connectivity index (χ3n) is 4.75. The van der Waals surface area contributed by atoms with Crippen molar-refractivity contribution in [2.45, 2.75) is 32.9 Å². The largest absolute Gasteiger partial charge is 0.350 e. The molecule has 1 aliphatic heterocycles. The summed E-state index contributed by atoms with van der Waals surface area (Å²) >= 11 is 0. The fourth-order valence-corrected chi connectivity index (χ4v) is 3.40. The molecule has 1 fully saturated rings. The lowest BCUT2D eigenvalue weighted by Gasteiger charge is -2.35. The first-order chi connectivity index (χ1) is 13.7. The summed E-state index contributed by atoms with van der Waals surface area (Å²) in [6, 6.07) is 12.7. The van der Waals surface area contributed by atoms with Crippen molar-refractivity contribution in [1.82, 2.24) is 19.7 Å². The van der Waals surface area contributed by atoms with E-state index in [2.05, 4.69) is 5.32 Å². The second-order valence-corrected chi connectivity index (χ2v) is 8.27. The number of piperazine rings is 1. The first-order valence-electron chi connectivity index (χ1n) is 9.84. The van der Waals surface area contributed by atoms with Gasteiger partial charge in [-0.15, -0.1) is 0 Å². The van der Waals surface area contributed by atoms with E-state index in [1.807, 2.05) is 39.0 Å². The highest BCUT2D eigenvalue weighted by molar-refractivity contribution is 5.95. The van der Waals surface area contributed by atoms with Crippen LogP contribution in [-0.2, 0) is 11.3 Å². The van der Waals surface area contributed by atoms with E-state index in [9.17, 15) is 14.4 Å². The van der Waals surface area contributed by atoms with Gasteiger partial charge >= 0.3 is 0 Å². The molecule has 154 valence electrons. The van der Waals surface area contributed by atoms with Crippen molar-refractivity contribution < 1.29 is 14.4 Å². The van der Waals surface area contributed by atoms with Crippen LogP contribution in [0.25, 0.3) is 0 Å². The Balaban J connectivity index is 1.60. The van der Waals surface area contributed by atoms with Crippen LogP contribution in [0.2, 0.25) is 0 Å². The first kappa shape index (κ1) is 20.6. The molecule has 0 bridgehead atoms. The van der Waals surface area contributed by atoms with Gasteiger partial charge in [-0.1, -0.05) is 18.2 Å². The summed E-state index contributed by atoms with van der Waals surface area (Å²) in [7, 11) is 0. The van der Waals surface area contributed by atoms with Crippen LogP contribution in [0, 0.1) is 0 Å². The van der Waals surface area contributed by atoms with Gasteiger partial charge in [-0.2, -0.15) is 0 Å². The molecule has 2 heterocycles. The predicted octanol–water partition coefficient (Wildman–Crippen LogP) is 2.00. The second kappa shape index (κ2) is 8.51. The summed E-state index contributed by atoms with van der Waals surface area (Å²) in [6.07, 6.45) is 1.74. The summed E-state index contributed by atoms with van der Waals surface area (Å²) < 4.78 is 1.67. The van der Waals surface area contributed by atoms with Crippen molar-refractivity contribution in [3.05, 3.63) is 59.9 Å². The number of nitrogens with one attached hydrogen (secondary N) is 1. The van der Waals surface area contributed by atoms with Crippen LogP contribution < -0.4 is 5.32 Å². The normalized spacial score (nSPS) is 14.6. The van der Waals surface area contributed by atoms with Crippen molar-refractivity contribution in [1.29, 1.82) is 0 Å². The number of carbonyl (C=O) groups excluding carboxylic acids is 3. The van der Waals surface area contributed by atoms with E-state index in [1.54, 1.807) is 44.8 Å². The molecular weight excluding hydrogens is 368 g/mol. The molecule has 1 aliphatic rings. The molecule has 0 saturated carbocycles. The Kier molecular flexibility index (Phi) is 6.06. The maximum Gasteiger partial charge on any atom is 0.270 e. The van der Waals surface area contributed by atoms with E-state index >= 15 is 0 Å². The topological polar surface area (TPSA) is 74.7 Å². The monoisotopic (exact) mass is 396 g/mol. The molecule has 2 aromatic rings. The lowest BCUT2D eigenvalue weighted by Crippen LogP contribution is -2.51.